The van der Waals surface area contributed by atoms with Gasteiger partial charge in [-0.2, -0.15) is 0 Å². The van der Waals surface area contributed by atoms with Crippen LogP contribution in [0.4, 0.5) is 0 Å². The van der Waals surface area contributed by atoms with Crippen LogP contribution in [0, 0.1) is 0 Å². The van der Waals surface area contributed by atoms with Gasteiger partial charge < -0.3 is 9.97 Å². The number of nitrogens with one attached hydrogen (secondary N) is 2. The minimum Gasteiger partial charge on any atom is -0.355 e. The molecule has 2 aromatic carbocycles. The van der Waals surface area contributed by atoms with Crippen LogP contribution < -0.4 is 0 Å². The zero-order valence-corrected chi connectivity index (χ0v) is 27.0. The Morgan fingerprint density at radius 2 is 0.958 bits per heavy atom. The summed E-state index contributed by atoms with van der Waals surface area (Å²) in [5.41, 5.74) is 14.6. The molecule has 1 aliphatic carbocycles. The first kappa shape index (κ1) is 32.7. The Morgan fingerprint density at radius 3 is 1.42 bits per heavy atom. The normalized spacial score (nSPS) is 11.6. The molecule has 0 spiro atoms. The van der Waals surface area contributed by atoms with E-state index in [0.717, 1.165) is 61.6 Å². The first-order chi connectivity index (χ1) is 22.7. The van der Waals surface area contributed by atoms with E-state index >= 15 is 0 Å². The number of fused-ring (bicyclic) bond motifs is 12. The summed E-state index contributed by atoms with van der Waals surface area (Å²) in [5.74, 6) is 0. The van der Waals surface area contributed by atoms with Gasteiger partial charge in [0.05, 0.1) is 28.3 Å². The minimum absolute atomic E-state index is 0. The zero-order valence-electron chi connectivity index (χ0n) is 25.1. The maximum Gasteiger partial charge on any atom is 0.141 e. The van der Waals surface area contributed by atoms with Crippen molar-refractivity contribution in [3.63, 3.8) is 0 Å². The van der Waals surface area contributed by atoms with Gasteiger partial charge in [0.25, 0.3) is 0 Å². The van der Waals surface area contributed by atoms with Crippen LogP contribution >= 0.6 is 11.3 Å². The van der Waals surface area contributed by atoms with Gasteiger partial charge in [-0.3, -0.25) is 4.98 Å². The molecule has 0 unspecified atom stereocenters. The summed E-state index contributed by atoms with van der Waals surface area (Å²) in [6.07, 6.45) is 12.6. The van der Waals surface area contributed by atoms with E-state index in [1.54, 1.807) is 23.7 Å². The van der Waals surface area contributed by atoms with Crippen molar-refractivity contribution in [1.82, 2.24) is 29.9 Å². The van der Waals surface area contributed by atoms with E-state index in [9.17, 15) is 0 Å². The first-order valence-electron chi connectivity index (χ1n) is 15.1. The van der Waals surface area contributed by atoms with Crippen molar-refractivity contribution in [2.75, 3.05) is 0 Å². The molecule has 236 valence electrons. The second kappa shape index (κ2) is 14.7. The number of hydrogen-bond acceptors (Lipinski definition) is 5. The predicted octanol–water partition coefficient (Wildman–Crippen LogP) is 8.15. The molecule has 6 nitrogen and oxygen atoms in total. The Bertz CT molecular complexity index is 2190. The van der Waals surface area contributed by atoms with Crippen LogP contribution in [0.3, 0.4) is 0 Å². The van der Waals surface area contributed by atoms with Crippen molar-refractivity contribution in [2.24, 2.45) is 0 Å². The Kier molecular flexibility index (Phi) is 10.0. The van der Waals surface area contributed by atoms with Crippen LogP contribution in [0.1, 0.15) is 33.9 Å². The molecule has 0 atom stereocenters. The van der Waals surface area contributed by atoms with Crippen LogP contribution in [-0.4, -0.2) is 40.9 Å². The zero-order chi connectivity index (χ0) is 30.7. The predicted molar refractivity (Wildman–Crippen MR) is 202 cm³/mol. The third-order valence-corrected chi connectivity index (χ3v) is 8.65. The molecule has 7 heterocycles. The van der Waals surface area contributed by atoms with E-state index in [4.69, 9.17) is 0 Å². The van der Waals surface area contributed by atoms with Gasteiger partial charge in [-0.1, -0.05) is 48.5 Å². The van der Waals surface area contributed by atoms with Gasteiger partial charge in [0, 0.05) is 51.5 Å². The largest absolute Gasteiger partial charge is 0.355 e. The van der Waals surface area contributed by atoms with Crippen molar-refractivity contribution in [2.45, 2.75) is 6.42 Å². The molecule has 2 aliphatic heterocycles. The van der Waals surface area contributed by atoms with E-state index in [1.165, 1.54) is 22.3 Å². The van der Waals surface area contributed by atoms with Gasteiger partial charge in [0.15, 0.2) is 0 Å². The summed E-state index contributed by atoms with van der Waals surface area (Å²) in [4.78, 5) is 25.2. The maximum absolute atomic E-state index is 4.63. The van der Waals surface area contributed by atoms with Crippen molar-refractivity contribution < 1.29 is 17.1 Å². The number of thiophene rings is 1. The molecule has 8 bridgehead atoms. The summed E-state index contributed by atoms with van der Waals surface area (Å²) < 4.78 is 0. The third kappa shape index (κ3) is 7.35. The van der Waals surface area contributed by atoms with E-state index in [1.807, 2.05) is 60.0 Å². The van der Waals surface area contributed by atoms with E-state index in [2.05, 4.69) is 103 Å². The fourth-order valence-electron chi connectivity index (χ4n) is 5.73. The van der Waals surface area contributed by atoms with Crippen LogP contribution in [-0.2, 0) is 23.5 Å². The number of benzene rings is 2. The van der Waals surface area contributed by atoms with Gasteiger partial charge in [-0.15, -0.1) is 11.3 Å². The fraction of sp³-hybridized carbons (Fsp3) is 0.0256. The topological polar surface area (TPSA) is 83.1 Å². The van der Waals surface area contributed by atoms with Gasteiger partial charge in [0.2, 0.25) is 0 Å². The number of aromatic nitrogens is 6. The molecular weight excluding hydrogens is 668 g/mol. The van der Waals surface area contributed by atoms with Crippen LogP contribution in [0.25, 0.3) is 67.8 Å². The second-order valence-corrected chi connectivity index (χ2v) is 12.0. The third-order valence-electron chi connectivity index (χ3n) is 7.84. The number of hydrogen-bond donors (Lipinski definition) is 2. The molecule has 5 aromatic heterocycles. The van der Waals surface area contributed by atoms with Gasteiger partial charge in [0.1, 0.15) is 4.83 Å². The SMILES string of the molecule is C1=Cc2cc3ccc(cc4nc(cc5ccc(cc1n2)[nH]5)C=C4)[nH]3.[Fe].[SiH4].c1ccc2c(c1)Cc1ccccc1-2.c1cnc2sccc2n1. The van der Waals surface area contributed by atoms with Crippen molar-refractivity contribution in [3.8, 4) is 11.1 Å². The molecule has 3 aliphatic rings. The van der Waals surface area contributed by atoms with Crippen LogP contribution in [0.5, 0.6) is 0 Å². The number of H-pyrrole nitrogens is 2. The molecule has 10 rings (SSSR count). The average Bonchev–Trinajstić information content (AvgIpc) is 3.93. The summed E-state index contributed by atoms with van der Waals surface area (Å²) >= 11 is 1.61. The number of rotatable bonds is 0. The van der Waals surface area contributed by atoms with Crippen LogP contribution in [0.2, 0.25) is 0 Å². The summed E-state index contributed by atoms with van der Waals surface area (Å²) in [5, 5.41) is 1.99. The molecule has 7 aromatic rings. The standard InChI is InChI=1S/C20H14N4.C13H10.C6H4N2S.Fe.H4Si/c1-2-14-10-16-5-6-18(23-16)12-20-8-7-19(24-20)11-17-4-3-15(22-17)9-13(1)21-14;1-3-7-12-10(5-1)9-11-6-2-4-8-13(11)12;1-4-9-6-5(1)7-2-3-8-6;;/h1-12,21,24H;1-8H,9H2;1-4H;;1H4. The number of nitrogens with zero attached hydrogens (tertiary/aromatic N) is 4. The Morgan fingerprint density at radius 1 is 0.521 bits per heavy atom. The van der Waals surface area contributed by atoms with E-state index < -0.39 is 0 Å². The molecule has 48 heavy (non-hydrogen) atoms. The van der Waals surface area contributed by atoms with E-state index in [0.29, 0.717) is 0 Å². The molecule has 9 heteroatoms. The Hall–Kier alpha value is -5.18. The van der Waals surface area contributed by atoms with E-state index in [-0.39, 0.29) is 28.0 Å². The summed E-state index contributed by atoms with van der Waals surface area (Å²) in [6.45, 7) is 0. The smallest absolute Gasteiger partial charge is 0.141 e. The minimum atomic E-state index is 0. The quantitative estimate of drug-likeness (QED) is 0.157. The molecule has 0 fully saturated rings. The molecule has 0 saturated carbocycles. The maximum atomic E-state index is 4.63. The average molecular weight is 701 g/mol. The number of aromatic amines is 2. The van der Waals surface area contributed by atoms with Crippen molar-refractivity contribution in [3.05, 3.63) is 155 Å². The molecule has 0 saturated heterocycles. The van der Waals surface area contributed by atoms with Crippen molar-refractivity contribution in [1.29, 1.82) is 0 Å². The van der Waals surface area contributed by atoms with Crippen molar-refractivity contribution >= 4 is 79.0 Å². The fourth-order valence-corrected chi connectivity index (χ4v) is 6.42. The van der Waals surface area contributed by atoms with Gasteiger partial charge in [-0.25, -0.2) is 15.0 Å². The summed E-state index contributed by atoms with van der Waals surface area (Å²) in [6, 6.07) is 35.6. The molecule has 2 N–H and O–H groups in total. The second-order valence-electron chi connectivity index (χ2n) is 11.1. The molecule has 0 amide bonds. The Labute approximate surface area is 296 Å². The molecular formula is C39H32FeN6SSi. The summed E-state index contributed by atoms with van der Waals surface area (Å²) in [7, 11) is 0. The molecule has 0 radical (unpaired) electrons. The van der Waals surface area contributed by atoms with Gasteiger partial charge in [-0.05, 0) is 124 Å². The van der Waals surface area contributed by atoms with Gasteiger partial charge >= 0.3 is 0 Å². The monoisotopic (exact) mass is 700 g/mol. The first-order valence-corrected chi connectivity index (χ1v) is 15.9. The van der Waals surface area contributed by atoms with Crippen LogP contribution in [0.15, 0.2) is 121 Å². The Balaban J connectivity index is 0.000000140.